The lowest BCUT2D eigenvalue weighted by Gasteiger charge is -2.13. The molecule has 1 rings (SSSR count). The van der Waals surface area contributed by atoms with Crippen molar-refractivity contribution in [3.8, 4) is 0 Å². The summed E-state index contributed by atoms with van der Waals surface area (Å²) in [5.74, 6) is 0.898. The summed E-state index contributed by atoms with van der Waals surface area (Å²) in [5, 5.41) is 5.05. The minimum Gasteiger partial charge on any atom is -0.370 e. The fraction of sp³-hybridized carbons (Fsp3) is 0.444. The smallest absolute Gasteiger partial charge is 0.127 e. The summed E-state index contributed by atoms with van der Waals surface area (Å²) in [6.45, 7) is 2.94. The Labute approximate surface area is 78.9 Å². The van der Waals surface area contributed by atoms with Gasteiger partial charge in [0.1, 0.15) is 5.82 Å². The first-order chi connectivity index (χ1) is 6.22. The molecular weight excluding hydrogens is 164 g/mol. The SMILES string of the molecule is CCNc1cc(NN(C)C)ccn1. The molecule has 2 N–H and O–H groups in total. The summed E-state index contributed by atoms with van der Waals surface area (Å²) in [6, 6.07) is 3.91. The van der Waals surface area contributed by atoms with Crippen molar-refractivity contribution in [3.05, 3.63) is 18.3 Å². The van der Waals surface area contributed by atoms with E-state index in [1.807, 2.05) is 38.2 Å². The number of aromatic nitrogens is 1. The summed E-state index contributed by atoms with van der Waals surface area (Å²) < 4.78 is 0. The first kappa shape index (κ1) is 9.80. The van der Waals surface area contributed by atoms with Crippen LogP contribution < -0.4 is 10.7 Å². The third kappa shape index (κ3) is 3.29. The van der Waals surface area contributed by atoms with Crippen molar-refractivity contribution in [2.45, 2.75) is 6.92 Å². The predicted octanol–water partition coefficient (Wildman–Crippen LogP) is 1.40. The molecule has 0 aliphatic rings. The average Bonchev–Trinajstić information content (AvgIpc) is 2.04. The van der Waals surface area contributed by atoms with E-state index in [1.165, 1.54) is 0 Å². The van der Waals surface area contributed by atoms with Crippen molar-refractivity contribution in [2.24, 2.45) is 0 Å². The lowest BCUT2D eigenvalue weighted by molar-refractivity contribution is 0.495. The van der Waals surface area contributed by atoms with Gasteiger partial charge in [0.05, 0.1) is 5.69 Å². The van der Waals surface area contributed by atoms with Crippen LogP contribution in [0.15, 0.2) is 18.3 Å². The Bertz CT molecular complexity index is 260. The third-order valence-corrected chi connectivity index (χ3v) is 1.47. The summed E-state index contributed by atoms with van der Waals surface area (Å²) >= 11 is 0. The highest BCUT2D eigenvalue weighted by Crippen LogP contribution is 2.11. The second kappa shape index (κ2) is 4.67. The minimum atomic E-state index is 0.887. The molecule has 1 heterocycles. The summed E-state index contributed by atoms with van der Waals surface area (Å²) in [5.41, 5.74) is 4.19. The first-order valence-corrected chi connectivity index (χ1v) is 4.36. The molecule has 0 fully saturated rings. The van der Waals surface area contributed by atoms with Crippen molar-refractivity contribution in [1.82, 2.24) is 9.99 Å². The van der Waals surface area contributed by atoms with Crippen molar-refractivity contribution in [1.29, 1.82) is 0 Å². The molecule has 13 heavy (non-hydrogen) atoms. The molecule has 0 bridgehead atoms. The van der Waals surface area contributed by atoms with Gasteiger partial charge in [0.25, 0.3) is 0 Å². The van der Waals surface area contributed by atoms with E-state index in [2.05, 4.69) is 15.7 Å². The van der Waals surface area contributed by atoms with Crippen LogP contribution in [0.3, 0.4) is 0 Å². The van der Waals surface area contributed by atoms with Gasteiger partial charge in [0.2, 0.25) is 0 Å². The molecule has 1 aromatic heterocycles. The number of nitrogens with zero attached hydrogens (tertiary/aromatic N) is 2. The number of rotatable bonds is 4. The number of hydrogen-bond donors (Lipinski definition) is 2. The highest BCUT2D eigenvalue weighted by Gasteiger charge is 1.95. The Morgan fingerprint density at radius 3 is 2.85 bits per heavy atom. The Morgan fingerprint density at radius 1 is 1.46 bits per heavy atom. The highest BCUT2D eigenvalue weighted by molar-refractivity contribution is 5.51. The van der Waals surface area contributed by atoms with Crippen molar-refractivity contribution in [3.63, 3.8) is 0 Å². The molecule has 0 amide bonds. The second-order valence-electron chi connectivity index (χ2n) is 2.97. The lowest BCUT2D eigenvalue weighted by atomic mass is 10.4. The maximum absolute atomic E-state index is 4.17. The predicted molar refractivity (Wildman–Crippen MR) is 55.7 cm³/mol. The molecule has 0 saturated carbocycles. The van der Waals surface area contributed by atoms with Gasteiger partial charge in [-0.25, -0.2) is 9.99 Å². The molecule has 72 valence electrons. The minimum absolute atomic E-state index is 0.887. The first-order valence-electron chi connectivity index (χ1n) is 4.36. The van der Waals surface area contributed by atoms with Gasteiger partial charge in [0.15, 0.2) is 0 Å². The monoisotopic (exact) mass is 180 g/mol. The Kier molecular flexibility index (Phi) is 3.52. The van der Waals surface area contributed by atoms with E-state index in [0.29, 0.717) is 0 Å². The second-order valence-corrected chi connectivity index (χ2v) is 2.97. The number of anilines is 2. The van der Waals surface area contributed by atoms with E-state index in [9.17, 15) is 0 Å². The van der Waals surface area contributed by atoms with Crippen LogP contribution in [-0.2, 0) is 0 Å². The molecule has 0 atom stereocenters. The Hall–Kier alpha value is -1.29. The molecule has 0 aromatic carbocycles. The molecular formula is C9H16N4. The van der Waals surface area contributed by atoms with Gasteiger partial charge >= 0.3 is 0 Å². The molecule has 0 unspecified atom stereocenters. The van der Waals surface area contributed by atoms with Crippen LogP contribution in [0.4, 0.5) is 11.5 Å². The van der Waals surface area contributed by atoms with Crippen LogP contribution >= 0.6 is 0 Å². The van der Waals surface area contributed by atoms with Crippen LogP contribution in [0.2, 0.25) is 0 Å². The molecule has 4 heteroatoms. The Morgan fingerprint density at radius 2 is 2.23 bits per heavy atom. The van der Waals surface area contributed by atoms with Gasteiger partial charge < -0.3 is 10.7 Å². The number of pyridine rings is 1. The number of hydrazine groups is 1. The normalized spacial score (nSPS) is 10.2. The van der Waals surface area contributed by atoms with Gasteiger partial charge in [-0.3, -0.25) is 0 Å². The van der Waals surface area contributed by atoms with E-state index in [0.717, 1.165) is 18.1 Å². The van der Waals surface area contributed by atoms with Crippen LogP contribution in [0.25, 0.3) is 0 Å². The average molecular weight is 180 g/mol. The van der Waals surface area contributed by atoms with Gasteiger partial charge in [-0.1, -0.05) is 0 Å². The largest absolute Gasteiger partial charge is 0.370 e. The van der Waals surface area contributed by atoms with E-state index in [4.69, 9.17) is 0 Å². The Balaban J connectivity index is 2.67. The van der Waals surface area contributed by atoms with Gasteiger partial charge in [-0.05, 0) is 13.0 Å². The van der Waals surface area contributed by atoms with Crippen LogP contribution in [0.5, 0.6) is 0 Å². The topological polar surface area (TPSA) is 40.2 Å². The molecule has 0 aliphatic carbocycles. The molecule has 0 aliphatic heterocycles. The lowest BCUT2D eigenvalue weighted by Crippen LogP contribution is -2.19. The zero-order chi connectivity index (χ0) is 9.68. The summed E-state index contributed by atoms with van der Waals surface area (Å²) in [7, 11) is 3.90. The standard InChI is InChI=1S/C9H16N4/c1-4-10-9-7-8(5-6-11-9)12-13(2)3/h5-7H,4H2,1-3H3,(H2,10,11,12). The van der Waals surface area contributed by atoms with Crippen LogP contribution in [-0.4, -0.2) is 30.6 Å². The van der Waals surface area contributed by atoms with Gasteiger partial charge in [0, 0.05) is 32.9 Å². The van der Waals surface area contributed by atoms with E-state index < -0.39 is 0 Å². The van der Waals surface area contributed by atoms with E-state index in [-0.39, 0.29) is 0 Å². The van der Waals surface area contributed by atoms with Crippen molar-refractivity contribution >= 4 is 11.5 Å². The molecule has 0 saturated heterocycles. The number of hydrogen-bond acceptors (Lipinski definition) is 4. The fourth-order valence-electron chi connectivity index (χ4n) is 1.04. The molecule has 0 radical (unpaired) electrons. The zero-order valence-corrected chi connectivity index (χ0v) is 8.33. The summed E-state index contributed by atoms with van der Waals surface area (Å²) in [4.78, 5) is 4.17. The number of nitrogens with one attached hydrogen (secondary N) is 2. The molecule has 4 nitrogen and oxygen atoms in total. The van der Waals surface area contributed by atoms with E-state index >= 15 is 0 Å². The third-order valence-electron chi connectivity index (χ3n) is 1.47. The van der Waals surface area contributed by atoms with Gasteiger partial charge in [-0.2, -0.15) is 0 Å². The van der Waals surface area contributed by atoms with Gasteiger partial charge in [-0.15, -0.1) is 0 Å². The zero-order valence-electron chi connectivity index (χ0n) is 8.33. The van der Waals surface area contributed by atoms with Crippen LogP contribution in [0.1, 0.15) is 6.92 Å². The maximum atomic E-state index is 4.17. The maximum Gasteiger partial charge on any atom is 0.127 e. The molecule has 0 spiro atoms. The van der Waals surface area contributed by atoms with E-state index in [1.54, 1.807) is 6.20 Å². The highest BCUT2D eigenvalue weighted by atomic mass is 15.5. The van der Waals surface area contributed by atoms with Crippen molar-refractivity contribution in [2.75, 3.05) is 31.4 Å². The summed E-state index contributed by atoms with van der Waals surface area (Å²) in [6.07, 6.45) is 1.78. The van der Waals surface area contributed by atoms with Crippen molar-refractivity contribution < 1.29 is 0 Å². The molecule has 1 aromatic rings. The fourth-order valence-corrected chi connectivity index (χ4v) is 1.04. The van der Waals surface area contributed by atoms with Crippen LogP contribution in [0, 0.1) is 0 Å². The quantitative estimate of drug-likeness (QED) is 0.687.